The van der Waals surface area contributed by atoms with Crippen molar-refractivity contribution >= 4 is 43.6 Å². The molecule has 0 saturated carbocycles. The summed E-state index contributed by atoms with van der Waals surface area (Å²) in [6.07, 6.45) is -0.415. The first-order valence-corrected chi connectivity index (χ1v) is 6.91. The minimum Gasteiger partial charge on any atom is -0.448 e. The van der Waals surface area contributed by atoms with Gasteiger partial charge in [-0.2, -0.15) is 9.78 Å². The maximum Gasteiger partial charge on any atom is 0.435 e. The van der Waals surface area contributed by atoms with Gasteiger partial charge in [0.15, 0.2) is 0 Å². The molecular weight excluding hydrogens is 304 g/mol. The molecule has 0 aliphatic rings. The molecule has 0 aliphatic heterocycles. The summed E-state index contributed by atoms with van der Waals surface area (Å²) < 4.78 is 8.50. The van der Waals surface area contributed by atoms with Gasteiger partial charge in [-0.1, -0.05) is 13.8 Å². The van der Waals surface area contributed by atoms with E-state index in [1.807, 2.05) is 26.8 Å². The van der Waals surface area contributed by atoms with Crippen LogP contribution in [0.2, 0.25) is 0 Å². The smallest absolute Gasteiger partial charge is 0.435 e. The van der Waals surface area contributed by atoms with Crippen LogP contribution in [0.25, 0.3) is 10.2 Å². The summed E-state index contributed by atoms with van der Waals surface area (Å²) in [5.74, 6) is 0.320. The second-order valence-electron chi connectivity index (χ2n) is 4.23. The van der Waals surface area contributed by atoms with Crippen LogP contribution in [-0.4, -0.2) is 22.5 Å². The van der Waals surface area contributed by atoms with Crippen LogP contribution >= 0.6 is 27.3 Å². The Labute approximate surface area is 112 Å². The number of aromatic nitrogens is 2. The van der Waals surface area contributed by atoms with Crippen LogP contribution in [0.5, 0.6) is 0 Å². The van der Waals surface area contributed by atoms with Crippen LogP contribution in [-0.2, 0) is 4.74 Å². The van der Waals surface area contributed by atoms with E-state index < -0.39 is 6.09 Å². The van der Waals surface area contributed by atoms with Crippen molar-refractivity contribution in [1.82, 2.24) is 9.78 Å². The lowest BCUT2D eigenvalue weighted by Crippen LogP contribution is -2.17. The predicted octanol–water partition coefficient (Wildman–Crippen LogP) is 3.81. The van der Waals surface area contributed by atoms with E-state index in [9.17, 15) is 4.79 Å². The quantitative estimate of drug-likeness (QED) is 0.846. The minimum atomic E-state index is -0.415. The summed E-state index contributed by atoms with van der Waals surface area (Å²) in [5.41, 5.74) is 1.64. The van der Waals surface area contributed by atoms with Crippen molar-refractivity contribution in [3.63, 3.8) is 0 Å². The lowest BCUT2D eigenvalue weighted by atomic mass is 10.2. The molecule has 2 heterocycles. The van der Waals surface area contributed by atoms with Gasteiger partial charge in [-0.05, 0) is 34.8 Å². The number of fused-ring (bicyclic) bond motifs is 1. The van der Waals surface area contributed by atoms with Crippen molar-refractivity contribution < 1.29 is 9.53 Å². The summed E-state index contributed by atoms with van der Waals surface area (Å²) in [4.78, 5) is 11.9. The molecule has 0 unspecified atom stereocenters. The molecule has 92 valence electrons. The van der Waals surface area contributed by atoms with Gasteiger partial charge in [0.1, 0.15) is 0 Å². The molecule has 2 aromatic rings. The molecule has 2 rings (SSSR count). The van der Waals surface area contributed by atoms with Crippen molar-refractivity contribution in [1.29, 1.82) is 0 Å². The number of carbonyl (C=O) groups excluding carboxylic acids is 1. The van der Waals surface area contributed by atoms with Crippen molar-refractivity contribution in [3.05, 3.63) is 15.5 Å². The lowest BCUT2D eigenvalue weighted by molar-refractivity contribution is 0.132. The van der Waals surface area contributed by atoms with Crippen LogP contribution in [0.3, 0.4) is 0 Å². The Morgan fingerprint density at radius 1 is 1.65 bits per heavy atom. The Bertz CT molecular complexity index is 559. The van der Waals surface area contributed by atoms with Crippen molar-refractivity contribution in [3.8, 4) is 0 Å². The van der Waals surface area contributed by atoms with Gasteiger partial charge in [0.25, 0.3) is 0 Å². The van der Waals surface area contributed by atoms with Crippen molar-refractivity contribution in [2.45, 2.75) is 20.8 Å². The first-order chi connectivity index (χ1) is 7.99. The molecule has 17 heavy (non-hydrogen) atoms. The Hall–Kier alpha value is -0.880. The molecule has 0 radical (unpaired) electrons. The van der Waals surface area contributed by atoms with E-state index in [2.05, 4.69) is 21.0 Å². The zero-order chi connectivity index (χ0) is 12.6. The topological polar surface area (TPSA) is 44.1 Å². The second kappa shape index (κ2) is 4.78. The molecule has 0 aliphatic carbocycles. The number of hydrogen-bond acceptors (Lipinski definition) is 4. The fourth-order valence-corrected chi connectivity index (χ4v) is 2.96. The molecule has 0 atom stereocenters. The molecule has 6 heteroatoms. The standard InChI is InChI=1S/C11H13BrN2O2S/c1-6(2)5-16-11(15)14-8-4-9(12)17-10(8)7(3)13-14/h4,6H,5H2,1-3H3. The molecular formula is C11H13BrN2O2S. The van der Waals surface area contributed by atoms with Gasteiger partial charge in [0.05, 0.1) is 26.3 Å². The van der Waals surface area contributed by atoms with Crippen LogP contribution in [0, 0.1) is 12.8 Å². The summed E-state index contributed by atoms with van der Waals surface area (Å²) >= 11 is 4.98. The van der Waals surface area contributed by atoms with E-state index in [1.54, 1.807) is 11.3 Å². The highest BCUT2D eigenvalue weighted by Crippen LogP contribution is 2.31. The zero-order valence-electron chi connectivity index (χ0n) is 9.86. The van der Waals surface area contributed by atoms with Gasteiger partial charge >= 0.3 is 6.09 Å². The molecule has 0 aromatic carbocycles. The maximum absolute atomic E-state index is 11.9. The average Bonchev–Trinajstić information content (AvgIpc) is 2.75. The maximum atomic E-state index is 11.9. The lowest BCUT2D eigenvalue weighted by Gasteiger charge is -2.06. The normalized spacial score (nSPS) is 11.4. The Kier molecular flexibility index (Phi) is 3.53. The van der Waals surface area contributed by atoms with Crippen LogP contribution in [0.4, 0.5) is 4.79 Å². The Balaban J connectivity index is 2.31. The van der Waals surface area contributed by atoms with Gasteiger partial charge in [-0.15, -0.1) is 11.3 Å². The van der Waals surface area contributed by atoms with E-state index in [0.29, 0.717) is 12.5 Å². The van der Waals surface area contributed by atoms with Crippen LogP contribution in [0.1, 0.15) is 19.5 Å². The van der Waals surface area contributed by atoms with E-state index in [0.717, 1.165) is 19.7 Å². The van der Waals surface area contributed by atoms with E-state index in [-0.39, 0.29) is 0 Å². The number of halogens is 1. The third-order valence-corrected chi connectivity index (χ3v) is 3.94. The number of aryl methyl sites for hydroxylation is 1. The summed E-state index contributed by atoms with van der Waals surface area (Å²) in [6.45, 7) is 6.29. The van der Waals surface area contributed by atoms with E-state index in [4.69, 9.17) is 4.74 Å². The molecule has 0 fully saturated rings. The Morgan fingerprint density at radius 2 is 2.35 bits per heavy atom. The molecule has 0 bridgehead atoms. The van der Waals surface area contributed by atoms with Gasteiger partial charge in [-0.25, -0.2) is 4.79 Å². The Morgan fingerprint density at radius 3 is 3.00 bits per heavy atom. The van der Waals surface area contributed by atoms with Crippen LogP contribution < -0.4 is 0 Å². The third-order valence-electron chi connectivity index (χ3n) is 2.20. The molecule has 2 aromatic heterocycles. The van der Waals surface area contributed by atoms with Gasteiger partial charge in [-0.3, -0.25) is 0 Å². The average molecular weight is 317 g/mol. The minimum absolute atomic E-state index is 0.320. The molecule has 0 spiro atoms. The van der Waals surface area contributed by atoms with E-state index >= 15 is 0 Å². The third kappa shape index (κ3) is 2.52. The highest BCUT2D eigenvalue weighted by Gasteiger charge is 2.17. The molecule has 0 saturated heterocycles. The number of hydrogen-bond donors (Lipinski definition) is 0. The first-order valence-electron chi connectivity index (χ1n) is 5.31. The molecule has 0 N–H and O–H groups in total. The number of ether oxygens (including phenoxy) is 1. The van der Waals surface area contributed by atoms with Gasteiger partial charge in [0.2, 0.25) is 0 Å². The van der Waals surface area contributed by atoms with Crippen molar-refractivity contribution in [2.75, 3.05) is 6.61 Å². The van der Waals surface area contributed by atoms with Gasteiger partial charge < -0.3 is 4.74 Å². The first kappa shape index (κ1) is 12.6. The number of nitrogens with zero attached hydrogens (tertiary/aromatic N) is 2. The highest BCUT2D eigenvalue weighted by molar-refractivity contribution is 9.11. The number of thiophene rings is 1. The predicted molar refractivity (Wildman–Crippen MR) is 71.6 cm³/mol. The number of rotatable bonds is 2. The summed E-state index contributed by atoms with van der Waals surface area (Å²) in [5, 5.41) is 4.20. The van der Waals surface area contributed by atoms with E-state index in [1.165, 1.54) is 4.68 Å². The fraction of sp³-hybridized carbons (Fsp3) is 0.455. The highest BCUT2D eigenvalue weighted by atomic mass is 79.9. The van der Waals surface area contributed by atoms with Crippen LogP contribution in [0.15, 0.2) is 9.85 Å². The monoisotopic (exact) mass is 316 g/mol. The summed E-state index contributed by atoms with van der Waals surface area (Å²) in [6, 6.07) is 1.89. The largest absolute Gasteiger partial charge is 0.448 e. The molecule has 4 nitrogen and oxygen atoms in total. The summed E-state index contributed by atoms with van der Waals surface area (Å²) in [7, 11) is 0. The zero-order valence-corrected chi connectivity index (χ0v) is 12.3. The number of carbonyl (C=O) groups is 1. The van der Waals surface area contributed by atoms with Crippen molar-refractivity contribution in [2.24, 2.45) is 5.92 Å². The second-order valence-corrected chi connectivity index (χ2v) is 6.66. The van der Waals surface area contributed by atoms with Gasteiger partial charge in [0, 0.05) is 0 Å². The fourth-order valence-electron chi connectivity index (χ4n) is 1.46. The SMILES string of the molecule is Cc1nn(C(=O)OCC(C)C)c2cc(Br)sc12. The molecule has 0 amide bonds.